The predicted octanol–water partition coefficient (Wildman–Crippen LogP) is 15.9. The summed E-state index contributed by atoms with van der Waals surface area (Å²) in [5.74, 6) is -0.936. The van der Waals surface area contributed by atoms with Crippen LogP contribution in [0.2, 0.25) is 0 Å². The van der Waals surface area contributed by atoms with Crippen molar-refractivity contribution in [3.63, 3.8) is 0 Å². The monoisotopic (exact) mass is 813 g/mol. The molecule has 0 heterocycles. The van der Waals surface area contributed by atoms with Crippen molar-refractivity contribution in [3.05, 3.63) is 48.6 Å². The van der Waals surface area contributed by atoms with Crippen LogP contribution in [0.4, 0.5) is 0 Å². The molecule has 0 aromatic rings. The van der Waals surface area contributed by atoms with Crippen molar-refractivity contribution >= 4 is 17.9 Å². The van der Waals surface area contributed by atoms with Gasteiger partial charge < -0.3 is 14.2 Å². The summed E-state index contributed by atoms with van der Waals surface area (Å²) in [6, 6.07) is 0. The summed E-state index contributed by atoms with van der Waals surface area (Å²) in [7, 11) is 0. The number of hydrogen-bond acceptors (Lipinski definition) is 6. The lowest BCUT2D eigenvalue weighted by atomic mass is 10.1. The van der Waals surface area contributed by atoms with Crippen LogP contribution in [0.15, 0.2) is 48.6 Å². The van der Waals surface area contributed by atoms with Crippen molar-refractivity contribution in [2.75, 3.05) is 13.2 Å². The molecule has 0 saturated carbocycles. The molecule has 0 aliphatic carbocycles. The fraction of sp³-hybridized carbons (Fsp3) is 0.788. The summed E-state index contributed by atoms with van der Waals surface area (Å²) in [4.78, 5) is 37.8. The minimum atomic E-state index is -0.791. The van der Waals surface area contributed by atoms with E-state index in [4.69, 9.17) is 14.2 Å². The quantitative estimate of drug-likeness (QED) is 0.0264. The number of unbranched alkanes of at least 4 members (excludes halogenated alkanes) is 25. The first-order valence-corrected chi connectivity index (χ1v) is 24.6. The van der Waals surface area contributed by atoms with Gasteiger partial charge in [-0.05, 0) is 83.5 Å². The fourth-order valence-corrected chi connectivity index (χ4v) is 6.80. The van der Waals surface area contributed by atoms with Crippen molar-refractivity contribution in [1.82, 2.24) is 0 Å². The normalized spacial score (nSPS) is 12.4. The van der Waals surface area contributed by atoms with E-state index in [1.54, 1.807) is 0 Å². The summed E-state index contributed by atoms with van der Waals surface area (Å²) < 4.78 is 16.7. The van der Waals surface area contributed by atoms with E-state index in [0.717, 1.165) is 70.6 Å². The molecule has 58 heavy (non-hydrogen) atoms. The number of esters is 3. The molecular weight excluding hydrogens is 721 g/mol. The van der Waals surface area contributed by atoms with Gasteiger partial charge in [0.2, 0.25) is 0 Å². The second-order valence-electron chi connectivity index (χ2n) is 16.4. The summed E-state index contributed by atoms with van der Waals surface area (Å²) >= 11 is 0. The Morgan fingerprint density at radius 1 is 0.345 bits per heavy atom. The van der Waals surface area contributed by atoms with Gasteiger partial charge in [0.05, 0.1) is 0 Å². The number of carbonyl (C=O) groups excluding carboxylic acids is 3. The van der Waals surface area contributed by atoms with E-state index < -0.39 is 6.10 Å². The highest BCUT2D eigenvalue weighted by Gasteiger charge is 2.19. The Labute approximate surface area is 358 Å². The number of hydrogen-bond donors (Lipinski definition) is 0. The zero-order valence-corrected chi connectivity index (χ0v) is 38.3. The third kappa shape index (κ3) is 44.5. The third-order valence-electron chi connectivity index (χ3n) is 10.6. The van der Waals surface area contributed by atoms with Crippen LogP contribution in [0.1, 0.15) is 245 Å². The molecule has 0 spiro atoms. The standard InChI is InChI=1S/C52H92O6/c1-4-7-10-13-16-19-21-23-25-27-28-30-33-36-39-42-45-51(54)57-48-49(47-56-50(53)44-41-38-35-32-18-15-12-9-6-3)58-52(55)46-43-40-37-34-31-29-26-24-22-20-17-14-11-8-5-2/h17,20,24-27,31,34,49H,4-16,18-19,21-23,28-30,32-33,35-48H2,1-3H3/b20-17-,26-24-,27-25-,34-31-/t49-/m1/s1. The van der Waals surface area contributed by atoms with Gasteiger partial charge in [-0.2, -0.15) is 0 Å². The van der Waals surface area contributed by atoms with E-state index in [2.05, 4.69) is 69.4 Å². The number of ether oxygens (including phenoxy) is 3. The Hall–Kier alpha value is -2.63. The van der Waals surface area contributed by atoms with E-state index in [9.17, 15) is 14.4 Å². The van der Waals surface area contributed by atoms with Crippen LogP contribution >= 0.6 is 0 Å². The lowest BCUT2D eigenvalue weighted by molar-refractivity contribution is -0.167. The molecule has 336 valence electrons. The van der Waals surface area contributed by atoms with Gasteiger partial charge in [0.1, 0.15) is 13.2 Å². The lowest BCUT2D eigenvalue weighted by Crippen LogP contribution is -2.30. The van der Waals surface area contributed by atoms with E-state index >= 15 is 0 Å². The van der Waals surface area contributed by atoms with Crippen LogP contribution in [0.3, 0.4) is 0 Å². The molecule has 1 atom stereocenters. The molecule has 0 radical (unpaired) electrons. The average Bonchev–Trinajstić information content (AvgIpc) is 3.22. The number of carbonyl (C=O) groups is 3. The summed E-state index contributed by atoms with van der Waals surface area (Å²) in [6.45, 7) is 6.55. The van der Waals surface area contributed by atoms with Crippen molar-refractivity contribution in [2.24, 2.45) is 0 Å². The van der Waals surface area contributed by atoms with Crippen molar-refractivity contribution in [3.8, 4) is 0 Å². The summed E-state index contributed by atoms with van der Waals surface area (Å²) in [5.41, 5.74) is 0. The molecule has 0 fully saturated rings. The average molecular weight is 813 g/mol. The minimum absolute atomic E-state index is 0.0896. The zero-order valence-electron chi connectivity index (χ0n) is 38.3. The molecule has 6 heteroatoms. The third-order valence-corrected chi connectivity index (χ3v) is 10.6. The van der Waals surface area contributed by atoms with Crippen molar-refractivity contribution in [2.45, 2.75) is 252 Å². The van der Waals surface area contributed by atoms with Crippen LogP contribution in [-0.4, -0.2) is 37.2 Å². The molecule has 0 aliphatic heterocycles. The molecule has 0 amide bonds. The summed E-state index contributed by atoms with van der Waals surface area (Å²) in [6.07, 6.45) is 55.2. The first-order chi connectivity index (χ1) is 28.5. The Kier molecular flexibility index (Phi) is 44.9. The van der Waals surface area contributed by atoms with Crippen LogP contribution in [0.5, 0.6) is 0 Å². The number of allylic oxidation sites excluding steroid dienone is 8. The van der Waals surface area contributed by atoms with E-state index in [0.29, 0.717) is 19.3 Å². The Morgan fingerprint density at radius 3 is 1.05 bits per heavy atom. The highest BCUT2D eigenvalue weighted by Crippen LogP contribution is 2.14. The van der Waals surface area contributed by atoms with Gasteiger partial charge in [-0.1, -0.05) is 191 Å². The molecule has 0 aromatic carbocycles. The van der Waals surface area contributed by atoms with E-state index in [1.165, 1.54) is 128 Å². The molecule has 0 unspecified atom stereocenters. The number of rotatable bonds is 44. The van der Waals surface area contributed by atoms with Gasteiger partial charge in [-0.25, -0.2) is 0 Å². The topological polar surface area (TPSA) is 78.9 Å². The lowest BCUT2D eigenvalue weighted by Gasteiger charge is -2.18. The molecule has 0 N–H and O–H groups in total. The smallest absolute Gasteiger partial charge is 0.306 e. The SMILES string of the molecule is CCCCC/C=C\C/C=C\C/C=C\CCCCC(=O)O[C@@H](COC(=O)CCCCCCC/C=C\CCCCCCCCC)COC(=O)CCCCCCCCCCC. The maximum Gasteiger partial charge on any atom is 0.306 e. The van der Waals surface area contributed by atoms with Crippen LogP contribution in [0.25, 0.3) is 0 Å². The van der Waals surface area contributed by atoms with Crippen LogP contribution in [0, 0.1) is 0 Å². The molecule has 6 nitrogen and oxygen atoms in total. The van der Waals surface area contributed by atoms with Gasteiger partial charge in [0.15, 0.2) is 6.10 Å². The molecular formula is C52H92O6. The second kappa shape index (κ2) is 47.1. The first kappa shape index (κ1) is 55.4. The predicted molar refractivity (Wildman–Crippen MR) is 247 cm³/mol. The van der Waals surface area contributed by atoms with E-state index in [1.807, 2.05) is 0 Å². The van der Waals surface area contributed by atoms with E-state index in [-0.39, 0.29) is 37.5 Å². The van der Waals surface area contributed by atoms with Gasteiger partial charge in [0, 0.05) is 19.3 Å². The molecule has 0 aliphatic rings. The summed E-state index contributed by atoms with van der Waals surface area (Å²) in [5, 5.41) is 0. The largest absolute Gasteiger partial charge is 0.462 e. The molecule has 0 saturated heterocycles. The van der Waals surface area contributed by atoms with Gasteiger partial charge >= 0.3 is 17.9 Å². The maximum atomic E-state index is 12.7. The second-order valence-corrected chi connectivity index (χ2v) is 16.4. The van der Waals surface area contributed by atoms with Gasteiger partial charge in [-0.15, -0.1) is 0 Å². The Morgan fingerprint density at radius 2 is 0.621 bits per heavy atom. The van der Waals surface area contributed by atoms with Gasteiger partial charge in [0.25, 0.3) is 0 Å². The maximum absolute atomic E-state index is 12.7. The highest BCUT2D eigenvalue weighted by atomic mass is 16.6. The Balaban J connectivity index is 4.40. The van der Waals surface area contributed by atoms with Crippen molar-refractivity contribution in [1.29, 1.82) is 0 Å². The molecule has 0 bridgehead atoms. The molecule has 0 rings (SSSR count). The van der Waals surface area contributed by atoms with Crippen molar-refractivity contribution < 1.29 is 28.6 Å². The minimum Gasteiger partial charge on any atom is -0.462 e. The van der Waals surface area contributed by atoms with Crippen LogP contribution < -0.4 is 0 Å². The zero-order chi connectivity index (χ0) is 42.3. The highest BCUT2D eigenvalue weighted by molar-refractivity contribution is 5.71. The van der Waals surface area contributed by atoms with Crippen LogP contribution in [-0.2, 0) is 28.6 Å². The molecule has 0 aromatic heterocycles. The Bertz CT molecular complexity index is 1030. The fourth-order valence-electron chi connectivity index (χ4n) is 6.80. The van der Waals surface area contributed by atoms with Gasteiger partial charge in [-0.3, -0.25) is 14.4 Å². The first-order valence-electron chi connectivity index (χ1n) is 24.6.